The summed E-state index contributed by atoms with van der Waals surface area (Å²) in [5.41, 5.74) is 2.74. The Morgan fingerprint density at radius 2 is 1.96 bits per heavy atom. The van der Waals surface area contributed by atoms with E-state index in [2.05, 4.69) is 14.7 Å². The lowest BCUT2D eigenvalue weighted by molar-refractivity contribution is 0.411. The van der Waals surface area contributed by atoms with Crippen LogP contribution in [0.25, 0.3) is 11.3 Å². The minimum absolute atomic E-state index is 0.245. The smallest absolute Gasteiger partial charge is 0.240 e. The number of pyridine rings is 1. The molecule has 8 heteroatoms. The fraction of sp³-hybridized carbons (Fsp3) is 0.263. The SMILES string of the molecule is COc1ccc(S(=O)(=O)NCCCc2nc(-c3ccncc3)cs2)cc1C. The fourth-order valence-electron chi connectivity index (χ4n) is 2.63. The molecule has 0 aliphatic carbocycles. The van der Waals surface area contributed by atoms with Gasteiger partial charge in [0.15, 0.2) is 0 Å². The first-order valence-electron chi connectivity index (χ1n) is 8.49. The van der Waals surface area contributed by atoms with Gasteiger partial charge < -0.3 is 4.74 Å². The predicted octanol–water partition coefficient (Wildman–Crippen LogP) is 3.43. The first-order valence-corrected chi connectivity index (χ1v) is 10.8. The number of hydrogen-bond acceptors (Lipinski definition) is 6. The standard InChI is InChI=1S/C19H21N3O3S2/c1-14-12-16(5-6-18(14)25-2)27(23,24)21-9-3-4-19-22-17(13-26-19)15-7-10-20-11-8-15/h5-8,10-13,21H,3-4,9H2,1-2H3. The highest BCUT2D eigenvalue weighted by Gasteiger charge is 2.15. The lowest BCUT2D eigenvalue weighted by Crippen LogP contribution is -2.25. The molecule has 2 aromatic heterocycles. The van der Waals surface area contributed by atoms with E-state index in [-0.39, 0.29) is 4.90 Å². The Kier molecular flexibility index (Phi) is 6.20. The molecule has 0 unspecified atom stereocenters. The number of thiazole rings is 1. The molecule has 0 fully saturated rings. The zero-order valence-corrected chi connectivity index (χ0v) is 16.8. The topological polar surface area (TPSA) is 81.2 Å². The lowest BCUT2D eigenvalue weighted by atomic mass is 10.2. The Morgan fingerprint density at radius 1 is 1.19 bits per heavy atom. The lowest BCUT2D eigenvalue weighted by Gasteiger charge is -2.09. The minimum atomic E-state index is -3.53. The maximum Gasteiger partial charge on any atom is 0.240 e. The Morgan fingerprint density at radius 3 is 2.67 bits per heavy atom. The van der Waals surface area contributed by atoms with Gasteiger partial charge in [0.05, 0.1) is 22.7 Å². The Labute approximate surface area is 163 Å². The van der Waals surface area contributed by atoms with E-state index in [9.17, 15) is 8.42 Å². The van der Waals surface area contributed by atoms with Crippen molar-refractivity contribution in [3.05, 3.63) is 58.7 Å². The van der Waals surface area contributed by atoms with Crippen molar-refractivity contribution in [2.45, 2.75) is 24.7 Å². The van der Waals surface area contributed by atoms with E-state index < -0.39 is 10.0 Å². The van der Waals surface area contributed by atoms with E-state index in [0.717, 1.165) is 28.2 Å². The number of aryl methyl sites for hydroxylation is 2. The highest BCUT2D eigenvalue weighted by Crippen LogP contribution is 2.23. The van der Waals surface area contributed by atoms with Crippen LogP contribution in [-0.2, 0) is 16.4 Å². The summed E-state index contributed by atoms with van der Waals surface area (Å²) in [6.07, 6.45) is 4.88. The second-order valence-electron chi connectivity index (χ2n) is 6.00. The largest absolute Gasteiger partial charge is 0.496 e. The van der Waals surface area contributed by atoms with Crippen molar-refractivity contribution in [3.8, 4) is 17.0 Å². The van der Waals surface area contributed by atoms with Gasteiger partial charge in [0.1, 0.15) is 5.75 Å². The van der Waals surface area contributed by atoms with Crippen molar-refractivity contribution in [2.75, 3.05) is 13.7 Å². The highest BCUT2D eigenvalue weighted by molar-refractivity contribution is 7.89. The van der Waals surface area contributed by atoms with Crippen molar-refractivity contribution >= 4 is 21.4 Å². The van der Waals surface area contributed by atoms with Crippen LogP contribution >= 0.6 is 11.3 Å². The Bertz CT molecular complexity index is 1000. The maximum absolute atomic E-state index is 12.4. The third kappa shape index (κ3) is 4.91. The first-order chi connectivity index (χ1) is 13.0. The number of methoxy groups -OCH3 is 1. The minimum Gasteiger partial charge on any atom is -0.496 e. The molecule has 27 heavy (non-hydrogen) atoms. The summed E-state index contributed by atoms with van der Waals surface area (Å²) < 4.78 is 32.6. The van der Waals surface area contributed by atoms with Crippen molar-refractivity contribution < 1.29 is 13.2 Å². The van der Waals surface area contributed by atoms with E-state index >= 15 is 0 Å². The Balaban J connectivity index is 1.54. The number of ether oxygens (including phenoxy) is 1. The zero-order valence-electron chi connectivity index (χ0n) is 15.2. The average molecular weight is 404 g/mol. The molecular formula is C19H21N3O3S2. The normalized spacial score (nSPS) is 11.5. The number of nitrogens with zero attached hydrogens (tertiary/aromatic N) is 2. The van der Waals surface area contributed by atoms with Crippen LogP contribution in [0.4, 0.5) is 0 Å². The van der Waals surface area contributed by atoms with Gasteiger partial charge >= 0.3 is 0 Å². The summed E-state index contributed by atoms with van der Waals surface area (Å²) in [6, 6.07) is 8.67. The van der Waals surface area contributed by atoms with E-state index in [0.29, 0.717) is 18.7 Å². The van der Waals surface area contributed by atoms with Crippen LogP contribution in [0.5, 0.6) is 5.75 Å². The summed E-state index contributed by atoms with van der Waals surface area (Å²) in [5.74, 6) is 0.669. The molecule has 0 atom stereocenters. The van der Waals surface area contributed by atoms with Crippen molar-refractivity contribution in [2.24, 2.45) is 0 Å². The Hall–Kier alpha value is -2.29. The number of sulfonamides is 1. The molecule has 3 aromatic rings. The monoisotopic (exact) mass is 403 g/mol. The number of nitrogens with one attached hydrogen (secondary N) is 1. The van der Waals surface area contributed by atoms with Gasteiger partial charge in [-0.2, -0.15) is 0 Å². The molecular weight excluding hydrogens is 382 g/mol. The van der Waals surface area contributed by atoms with Gasteiger partial charge in [-0.15, -0.1) is 11.3 Å². The van der Waals surface area contributed by atoms with Gasteiger partial charge in [-0.3, -0.25) is 4.98 Å². The third-order valence-electron chi connectivity index (χ3n) is 4.06. The quantitative estimate of drug-likeness (QED) is 0.583. The van der Waals surface area contributed by atoms with Crippen LogP contribution < -0.4 is 9.46 Å². The van der Waals surface area contributed by atoms with Gasteiger partial charge in [0.25, 0.3) is 0 Å². The van der Waals surface area contributed by atoms with E-state index in [1.807, 2.05) is 24.4 Å². The molecule has 1 N–H and O–H groups in total. The van der Waals surface area contributed by atoms with Gasteiger partial charge in [0.2, 0.25) is 10.0 Å². The molecule has 142 valence electrons. The van der Waals surface area contributed by atoms with Crippen molar-refractivity contribution in [1.29, 1.82) is 0 Å². The summed E-state index contributed by atoms with van der Waals surface area (Å²) in [4.78, 5) is 8.85. The van der Waals surface area contributed by atoms with E-state index in [1.165, 1.54) is 0 Å². The van der Waals surface area contributed by atoms with Crippen LogP contribution in [0.3, 0.4) is 0 Å². The molecule has 2 heterocycles. The predicted molar refractivity (Wildman–Crippen MR) is 107 cm³/mol. The molecule has 0 spiro atoms. The third-order valence-corrected chi connectivity index (χ3v) is 6.43. The summed E-state index contributed by atoms with van der Waals surface area (Å²) in [5, 5.41) is 3.00. The average Bonchev–Trinajstić information content (AvgIpc) is 3.15. The summed E-state index contributed by atoms with van der Waals surface area (Å²) in [7, 11) is -1.97. The van der Waals surface area contributed by atoms with Crippen molar-refractivity contribution in [1.82, 2.24) is 14.7 Å². The molecule has 6 nitrogen and oxygen atoms in total. The van der Waals surface area contributed by atoms with Crippen LogP contribution in [0.1, 0.15) is 17.0 Å². The molecule has 1 aromatic carbocycles. The van der Waals surface area contributed by atoms with Crippen LogP contribution in [0.15, 0.2) is 53.0 Å². The maximum atomic E-state index is 12.4. The van der Waals surface area contributed by atoms with Gasteiger partial charge in [-0.1, -0.05) is 0 Å². The molecule has 0 bridgehead atoms. The van der Waals surface area contributed by atoms with Gasteiger partial charge in [-0.05, 0) is 49.2 Å². The van der Waals surface area contributed by atoms with Crippen LogP contribution in [-0.4, -0.2) is 32.0 Å². The second kappa shape index (κ2) is 8.60. The molecule has 0 radical (unpaired) electrons. The first kappa shape index (κ1) is 19.5. The van der Waals surface area contributed by atoms with Crippen LogP contribution in [0.2, 0.25) is 0 Å². The fourth-order valence-corrected chi connectivity index (χ4v) is 4.64. The van der Waals surface area contributed by atoms with Crippen LogP contribution in [0, 0.1) is 6.92 Å². The van der Waals surface area contributed by atoms with E-state index in [1.54, 1.807) is 49.0 Å². The van der Waals surface area contributed by atoms with Crippen molar-refractivity contribution in [3.63, 3.8) is 0 Å². The molecule has 0 aliphatic rings. The zero-order chi connectivity index (χ0) is 19.3. The second-order valence-corrected chi connectivity index (χ2v) is 8.70. The summed E-state index contributed by atoms with van der Waals surface area (Å²) in [6.45, 7) is 2.18. The number of hydrogen-bond donors (Lipinski definition) is 1. The molecule has 0 saturated carbocycles. The number of benzene rings is 1. The summed E-state index contributed by atoms with van der Waals surface area (Å²) >= 11 is 1.58. The molecule has 0 amide bonds. The van der Waals surface area contributed by atoms with E-state index in [4.69, 9.17) is 4.74 Å². The van der Waals surface area contributed by atoms with Gasteiger partial charge in [0, 0.05) is 36.3 Å². The number of aromatic nitrogens is 2. The highest BCUT2D eigenvalue weighted by atomic mass is 32.2. The molecule has 0 saturated heterocycles. The number of rotatable bonds is 8. The molecule has 3 rings (SSSR count). The molecule has 0 aliphatic heterocycles. The van der Waals surface area contributed by atoms with Gasteiger partial charge in [-0.25, -0.2) is 18.1 Å².